The van der Waals surface area contributed by atoms with E-state index in [0.717, 1.165) is 10.4 Å². The van der Waals surface area contributed by atoms with Crippen molar-refractivity contribution >= 4 is 68.8 Å². The molecule has 0 saturated carbocycles. The Morgan fingerprint density at radius 3 is 2.52 bits per heavy atom. The molecule has 0 radical (unpaired) electrons. The summed E-state index contributed by atoms with van der Waals surface area (Å²) >= 11 is 25.5. The number of carbonyl (C=O) groups is 1. The van der Waals surface area contributed by atoms with E-state index in [0.29, 0.717) is 32.4 Å². The van der Waals surface area contributed by atoms with Crippen LogP contribution in [0.1, 0.15) is 10.4 Å². The summed E-state index contributed by atoms with van der Waals surface area (Å²) in [7, 11) is 0. The van der Waals surface area contributed by atoms with Crippen molar-refractivity contribution in [2.45, 2.75) is 6.42 Å². The first-order valence-corrected chi connectivity index (χ1v) is 10.0. The number of amides is 1. The van der Waals surface area contributed by atoms with Crippen molar-refractivity contribution in [3.05, 3.63) is 73.1 Å². The molecule has 1 heterocycles. The first kappa shape index (κ1) is 20.2. The molecule has 0 saturated heterocycles. The fraction of sp³-hybridized carbons (Fsp3) is 0.111. The lowest BCUT2D eigenvalue weighted by Gasteiger charge is -2.08. The van der Waals surface area contributed by atoms with Crippen molar-refractivity contribution in [3.63, 3.8) is 0 Å². The van der Waals surface area contributed by atoms with Gasteiger partial charge in [0.1, 0.15) is 10.8 Å². The zero-order valence-corrected chi connectivity index (χ0v) is 17.5. The van der Waals surface area contributed by atoms with Crippen molar-refractivity contribution in [1.82, 2.24) is 4.98 Å². The minimum Gasteiger partial charge on any atom is -0.482 e. The highest BCUT2D eigenvalue weighted by molar-refractivity contribution is 7.15. The third-order valence-electron chi connectivity index (χ3n) is 3.47. The number of rotatable bonds is 6. The van der Waals surface area contributed by atoms with Crippen molar-refractivity contribution in [3.8, 4) is 5.75 Å². The van der Waals surface area contributed by atoms with Gasteiger partial charge in [-0.15, -0.1) is 11.3 Å². The fourth-order valence-electron chi connectivity index (χ4n) is 2.21. The third-order valence-corrected chi connectivity index (χ3v) is 6.04. The number of nitrogens with one attached hydrogen (secondary N) is 1. The molecule has 0 aliphatic carbocycles. The van der Waals surface area contributed by atoms with E-state index in [-0.39, 0.29) is 17.5 Å². The Hall–Kier alpha value is -1.50. The maximum atomic E-state index is 12.1. The van der Waals surface area contributed by atoms with Gasteiger partial charge in [-0.2, -0.15) is 0 Å². The summed E-state index contributed by atoms with van der Waals surface area (Å²) in [5.74, 6) is -0.0116. The summed E-state index contributed by atoms with van der Waals surface area (Å²) in [6.45, 7) is -0.213. The molecule has 0 aliphatic rings. The van der Waals surface area contributed by atoms with Crippen LogP contribution in [0.4, 0.5) is 5.13 Å². The van der Waals surface area contributed by atoms with Gasteiger partial charge in [-0.25, -0.2) is 4.98 Å². The number of hydrogen-bond acceptors (Lipinski definition) is 4. The number of thiazole rings is 1. The molecule has 3 rings (SSSR count). The summed E-state index contributed by atoms with van der Waals surface area (Å²) in [6, 6.07) is 10.4. The van der Waals surface area contributed by atoms with Gasteiger partial charge in [0, 0.05) is 17.5 Å². The Morgan fingerprint density at radius 2 is 1.74 bits per heavy atom. The second kappa shape index (κ2) is 9.13. The van der Waals surface area contributed by atoms with Crippen LogP contribution < -0.4 is 10.1 Å². The number of carbonyl (C=O) groups excluding carboxylic acids is 1. The van der Waals surface area contributed by atoms with Crippen LogP contribution in [0.25, 0.3) is 0 Å². The van der Waals surface area contributed by atoms with E-state index in [1.54, 1.807) is 30.5 Å². The Bertz CT molecular complexity index is 978. The minimum atomic E-state index is -0.354. The van der Waals surface area contributed by atoms with E-state index in [2.05, 4.69) is 10.3 Å². The average Bonchev–Trinajstić information content (AvgIpc) is 3.07. The largest absolute Gasteiger partial charge is 0.482 e. The maximum Gasteiger partial charge on any atom is 0.264 e. The van der Waals surface area contributed by atoms with E-state index >= 15 is 0 Å². The van der Waals surface area contributed by atoms with E-state index in [1.807, 2.05) is 12.1 Å². The lowest BCUT2D eigenvalue weighted by Crippen LogP contribution is -2.20. The molecule has 0 unspecified atom stereocenters. The smallest absolute Gasteiger partial charge is 0.264 e. The number of anilines is 1. The monoisotopic (exact) mass is 460 g/mol. The van der Waals surface area contributed by atoms with Crippen LogP contribution in [-0.2, 0) is 11.2 Å². The van der Waals surface area contributed by atoms with Crippen molar-refractivity contribution in [1.29, 1.82) is 0 Å². The SMILES string of the molecule is O=C(COc1cccc(Cl)c1Cl)Nc1ncc(Cc2cccc(Cl)c2Cl)s1. The maximum absolute atomic E-state index is 12.1. The van der Waals surface area contributed by atoms with E-state index in [1.165, 1.54) is 11.3 Å². The summed E-state index contributed by atoms with van der Waals surface area (Å²) in [5.41, 5.74) is 0.893. The summed E-state index contributed by atoms with van der Waals surface area (Å²) < 4.78 is 5.40. The Kier molecular flexibility index (Phi) is 6.84. The normalized spacial score (nSPS) is 10.7. The van der Waals surface area contributed by atoms with Crippen molar-refractivity contribution in [2.24, 2.45) is 0 Å². The number of hydrogen-bond donors (Lipinski definition) is 1. The van der Waals surface area contributed by atoms with Crippen LogP contribution in [0.15, 0.2) is 42.6 Å². The quantitative estimate of drug-likeness (QED) is 0.464. The molecule has 0 fully saturated rings. The first-order valence-electron chi connectivity index (χ1n) is 7.68. The molecule has 140 valence electrons. The van der Waals surface area contributed by atoms with Gasteiger partial charge < -0.3 is 4.74 Å². The highest BCUT2D eigenvalue weighted by Gasteiger charge is 2.12. The molecule has 9 heteroatoms. The van der Waals surface area contributed by atoms with Gasteiger partial charge in [-0.3, -0.25) is 10.1 Å². The van der Waals surface area contributed by atoms with Crippen LogP contribution in [-0.4, -0.2) is 17.5 Å². The van der Waals surface area contributed by atoms with Gasteiger partial charge in [-0.1, -0.05) is 64.6 Å². The predicted octanol–water partition coefficient (Wildman–Crippen LogP) is 6.37. The minimum absolute atomic E-state index is 0.213. The molecule has 1 aromatic heterocycles. The lowest BCUT2D eigenvalue weighted by atomic mass is 10.1. The number of halogens is 4. The Labute approximate surface area is 180 Å². The van der Waals surface area contributed by atoms with E-state index in [9.17, 15) is 4.79 Å². The van der Waals surface area contributed by atoms with Gasteiger partial charge in [0.25, 0.3) is 5.91 Å². The van der Waals surface area contributed by atoms with Gasteiger partial charge in [0.05, 0.1) is 15.1 Å². The average molecular weight is 462 g/mol. The van der Waals surface area contributed by atoms with Gasteiger partial charge in [0.15, 0.2) is 11.7 Å². The molecule has 0 spiro atoms. The van der Waals surface area contributed by atoms with Crippen molar-refractivity contribution < 1.29 is 9.53 Å². The molecule has 0 atom stereocenters. The summed E-state index contributed by atoms with van der Waals surface area (Å²) in [6.07, 6.45) is 2.26. The second-order valence-corrected chi connectivity index (χ2v) is 8.10. The van der Waals surface area contributed by atoms with E-state index < -0.39 is 0 Å². The van der Waals surface area contributed by atoms with E-state index in [4.69, 9.17) is 51.1 Å². The standard InChI is InChI=1S/C18H12Cl4N2O2S/c19-12-4-1-3-10(16(12)21)7-11-8-23-18(27-11)24-15(25)9-26-14-6-2-5-13(20)17(14)22/h1-6,8H,7,9H2,(H,23,24,25). The summed E-state index contributed by atoms with van der Waals surface area (Å²) in [5, 5.41) is 4.80. The molecule has 27 heavy (non-hydrogen) atoms. The number of nitrogens with zero attached hydrogens (tertiary/aromatic N) is 1. The lowest BCUT2D eigenvalue weighted by molar-refractivity contribution is -0.118. The highest BCUT2D eigenvalue weighted by Crippen LogP contribution is 2.32. The zero-order chi connectivity index (χ0) is 19.4. The van der Waals surface area contributed by atoms with Gasteiger partial charge in [-0.05, 0) is 23.8 Å². The van der Waals surface area contributed by atoms with Crippen molar-refractivity contribution in [2.75, 3.05) is 11.9 Å². The first-order chi connectivity index (χ1) is 12.9. The van der Waals surface area contributed by atoms with Gasteiger partial charge in [0.2, 0.25) is 0 Å². The third kappa shape index (κ3) is 5.27. The van der Waals surface area contributed by atoms with Crippen LogP contribution in [0.2, 0.25) is 20.1 Å². The molecule has 1 N–H and O–H groups in total. The molecule has 3 aromatic rings. The number of aromatic nitrogens is 1. The molecule has 4 nitrogen and oxygen atoms in total. The molecule has 2 aromatic carbocycles. The zero-order valence-electron chi connectivity index (χ0n) is 13.6. The van der Waals surface area contributed by atoms with Crippen LogP contribution in [0.3, 0.4) is 0 Å². The Morgan fingerprint density at radius 1 is 1.04 bits per heavy atom. The second-order valence-electron chi connectivity index (χ2n) is 5.41. The fourth-order valence-corrected chi connectivity index (χ4v) is 3.80. The molecule has 0 bridgehead atoms. The molecular formula is C18H12Cl4N2O2S. The Balaban J connectivity index is 1.58. The number of benzene rings is 2. The molecular weight excluding hydrogens is 450 g/mol. The van der Waals surface area contributed by atoms with Crippen LogP contribution >= 0.6 is 57.7 Å². The van der Waals surface area contributed by atoms with Crippen LogP contribution in [0, 0.1) is 0 Å². The predicted molar refractivity (Wildman–Crippen MR) is 112 cm³/mol. The van der Waals surface area contributed by atoms with Crippen LogP contribution in [0.5, 0.6) is 5.75 Å². The molecule has 0 aliphatic heterocycles. The molecule has 1 amide bonds. The summed E-state index contributed by atoms with van der Waals surface area (Å²) in [4.78, 5) is 17.2. The highest BCUT2D eigenvalue weighted by atomic mass is 35.5. The number of ether oxygens (including phenoxy) is 1. The topological polar surface area (TPSA) is 51.2 Å². The van der Waals surface area contributed by atoms with Gasteiger partial charge >= 0.3 is 0 Å².